The van der Waals surface area contributed by atoms with Crippen LogP contribution in [0.25, 0.3) is 22.2 Å². The smallest absolute Gasteiger partial charge is 0.197 e. The molecule has 0 saturated carbocycles. The molecule has 0 radical (unpaired) electrons. The number of nitrogens with two attached hydrogens (primary N) is 1. The number of aromatic amines is 1. The summed E-state index contributed by atoms with van der Waals surface area (Å²) in [4.78, 5) is 22.5. The minimum atomic E-state index is -1.71. The van der Waals surface area contributed by atoms with Gasteiger partial charge in [-0.25, -0.2) is 19.9 Å². The molecule has 11 nitrogen and oxygen atoms in total. The zero-order chi connectivity index (χ0) is 26.3. The maximum atomic E-state index is 11.4. The Kier molecular flexibility index (Phi) is 7.27. The van der Waals surface area contributed by atoms with E-state index in [2.05, 4.69) is 43.7 Å². The van der Waals surface area contributed by atoms with Crippen molar-refractivity contribution in [2.45, 2.75) is 57.1 Å². The molecule has 1 fully saturated rings. The number of nitrogens with one attached hydrogen (secondary N) is 1. The van der Waals surface area contributed by atoms with Crippen molar-refractivity contribution < 1.29 is 14.9 Å². The number of aryl methyl sites for hydroxylation is 1. The van der Waals surface area contributed by atoms with Crippen molar-refractivity contribution in [3.05, 3.63) is 40.7 Å². The number of aromatic nitrogens is 6. The topological polar surface area (TPSA) is 151 Å². The molecule has 1 aromatic carbocycles. The van der Waals surface area contributed by atoms with Crippen molar-refractivity contribution in [1.82, 2.24) is 34.4 Å². The third kappa shape index (κ3) is 4.99. The summed E-state index contributed by atoms with van der Waals surface area (Å²) in [6.45, 7) is 5.37. The second kappa shape index (κ2) is 10.3. The second-order valence-electron chi connectivity index (χ2n) is 9.73. The van der Waals surface area contributed by atoms with E-state index in [4.69, 9.17) is 33.7 Å². The van der Waals surface area contributed by atoms with Crippen LogP contribution in [0.4, 0.5) is 5.82 Å². The highest BCUT2D eigenvalue weighted by Crippen LogP contribution is 2.33. The number of halogens is 2. The molecular weight excluding hydrogens is 519 g/mol. The van der Waals surface area contributed by atoms with Crippen molar-refractivity contribution in [3.63, 3.8) is 0 Å². The van der Waals surface area contributed by atoms with E-state index in [0.717, 1.165) is 42.7 Å². The molecule has 4 aromatic rings. The highest BCUT2D eigenvalue weighted by atomic mass is 35.5. The van der Waals surface area contributed by atoms with Gasteiger partial charge in [-0.15, -0.1) is 0 Å². The van der Waals surface area contributed by atoms with Crippen LogP contribution in [0, 0.1) is 0 Å². The Balaban J connectivity index is 1.19. The van der Waals surface area contributed by atoms with E-state index < -0.39 is 17.9 Å². The number of anilines is 1. The van der Waals surface area contributed by atoms with Crippen LogP contribution in [0.2, 0.25) is 10.0 Å². The van der Waals surface area contributed by atoms with Gasteiger partial charge in [-0.2, -0.15) is 0 Å². The molecule has 0 unspecified atom stereocenters. The summed E-state index contributed by atoms with van der Waals surface area (Å²) in [5, 5.41) is 23.5. The van der Waals surface area contributed by atoms with Crippen LogP contribution in [-0.4, -0.2) is 82.5 Å². The first-order chi connectivity index (χ1) is 17.7. The van der Waals surface area contributed by atoms with E-state index in [-0.39, 0.29) is 18.5 Å². The van der Waals surface area contributed by atoms with Crippen molar-refractivity contribution in [2.75, 3.05) is 25.4 Å². The van der Waals surface area contributed by atoms with E-state index in [0.29, 0.717) is 27.8 Å². The van der Waals surface area contributed by atoms with Crippen molar-refractivity contribution in [1.29, 1.82) is 0 Å². The van der Waals surface area contributed by atoms with Crippen LogP contribution in [-0.2, 0) is 16.9 Å². The number of nitrogens with zero attached hydrogens (tertiary/aromatic N) is 6. The van der Waals surface area contributed by atoms with Gasteiger partial charge in [0.25, 0.3) is 0 Å². The Morgan fingerprint density at radius 3 is 2.81 bits per heavy atom. The molecule has 5 N–H and O–H groups in total. The summed E-state index contributed by atoms with van der Waals surface area (Å²) in [5.74, 6) is 1.10. The minimum Gasteiger partial charge on any atom is -0.385 e. The van der Waals surface area contributed by atoms with Crippen LogP contribution < -0.4 is 5.73 Å². The number of imidazole rings is 2. The Bertz CT molecular complexity index is 1370. The summed E-state index contributed by atoms with van der Waals surface area (Å²) >= 11 is 12.2. The number of rotatable bonds is 9. The number of ether oxygens (including phenoxy) is 1. The largest absolute Gasteiger partial charge is 0.385 e. The van der Waals surface area contributed by atoms with Gasteiger partial charge in [-0.3, -0.25) is 9.47 Å². The van der Waals surface area contributed by atoms with E-state index in [1.807, 2.05) is 0 Å². The predicted molar refractivity (Wildman–Crippen MR) is 141 cm³/mol. The first kappa shape index (κ1) is 26.1. The quantitative estimate of drug-likeness (QED) is 0.231. The average Bonchev–Trinajstić information content (AvgIpc) is 3.54. The van der Waals surface area contributed by atoms with Crippen LogP contribution in [0.3, 0.4) is 0 Å². The second-order valence-corrected chi connectivity index (χ2v) is 10.5. The molecule has 37 heavy (non-hydrogen) atoms. The maximum absolute atomic E-state index is 11.4. The third-order valence-corrected chi connectivity index (χ3v) is 7.66. The molecule has 1 aliphatic rings. The zero-order valence-electron chi connectivity index (χ0n) is 20.6. The molecule has 4 heterocycles. The number of hydrogen-bond donors (Lipinski definition) is 4. The number of benzene rings is 1. The monoisotopic (exact) mass is 548 g/mol. The molecule has 0 amide bonds. The van der Waals surface area contributed by atoms with Crippen LogP contribution in [0.1, 0.15) is 32.5 Å². The Morgan fingerprint density at radius 1 is 1.24 bits per heavy atom. The maximum Gasteiger partial charge on any atom is 0.197 e. The number of fused-ring (bicyclic) bond motifs is 2. The summed E-state index contributed by atoms with van der Waals surface area (Å²) < 4.78 is 7.31. The molecule has 5 rings (SSSR count). The fraction of sp³-hybridized carbons (Fsp3) is 0.500. The number of nitrogen functional groups attached to an aromatic ring is 1. The number of aliphatic hydroxyl groups excluding tert-OH is 1. The van der Waals surface area contributed by atoms with E-state index in [9.17, 15) is 10.2 Å². The highest BCUT2D eigenvalue weighted by Gasteiger charge is 2.50. The van der Waals surface area contributed by atoms with Gasteiger partial charge >= 0.3 is 0 Å². The molecule has 1 saturated heterocycles. The lowest BCUT2D eigenvalue weighted by atomic mass is 10.0. The molecule has 3 atom stereocenters. The van der Waals surface area contributed by atoms with E-state index in [1.165, 1.54) is 17.2 Å². The van der Waals surface area contributed by atoms with Crippen LogP contribution in [0.15, 0.2) is 24.8 Å². The number of aliphatic hydroxyl groups is 2. The Hall–Kier alpha value is -2.54. The van der Waals surface area contributed by atoms with E-state index >= 15 is 0 Å². The molecule has 0 spiro atoms. The minimum absolute atomic E-state index is 0.0970. The summed E-state index contributed by atoms with van der Waals surface area (Å²) in [6.07, 6.45) is 3.57. The number of H-pyrrole nitrogens is 1. The number of unbranched alkanes of at least 4 members (excludes halogenated alkanes) is 1. The molecular formula is C24H30Cl2N8O3. The Labute approximate surface area is 223 Å². The fourth-order valence-corrected chi connectivity index (χ4v) is 5.10. The lowest BCUT2D eigenvalue weighted by Gasteiger charge is -2.32. The van der Waals surface area contributed by atoms with Gasteiger partial charge in [-0.1, -0.05) is 23.2 Å². The van der Waals surface area contributed by atoms with Gasteiger partial charge in [0, 0.05) is 19.0 Å². The van der Waals surface area contributed by atoms with Gasteiger partial charge in [-0.05, 0) is 45.4 Å². The fourth-order valence-electron chi connectivity index (χ4n) is 4.78. The molecule has 13 heteroatoms. The van der Waals surface area contributed by atoms with E-state index in [1.54, 1.807) is 12.1 Å². The van der Waals surface area contributed by atoms with Crippen molar-refractivity contribution in [2.24, 2.45) is 0 Å². The lowest BCUT2D eigenvalue weighted by molar-refractivity contribution is -0.109. The molecule has 1 aliphatic heterocycles. The zero-order valence-corrected chi connectivity index (χ0v) is 22.1. The summed E-state index contributed by atoms with van der Waals surface area (Å²) in [6, 6.07) is 3.78. The normalized spacial score (nSPS) is 22.3. The predicted octanol–water partition coefficient (Wildman–Crippen LogP) is 2.73. The standard InChI is InChI=1S/C24H30Cl2N8O3/c1-13(2)33(6-4-3-5-19-31-16-7-14(25)15(26)8-17(16)32-19)9-18-21(35)24(36,10-37-18)34-12-30-20-22(27)28-11-29-23(20)34/h7-8,11-13,18,21,35-36H,3-6,9-10H2,1-2H3,(H,31,32)(H2,27,28,29)/t18-,21-,24-/m1/s1. The molecule has 198 valence electrons. The van der Waals surface area contributed by atoms with Crippen molar-refractivity contribution >= 4 is 51.2 Å². The summed E-state index contributed by atoms with van der Waals surface area (Å²) in [5.41, 5.74) is 6.54. The van der Waals surface area contributed by atoms with Crippen LogP contribution >= 0.6 is 23.2 Å². The third-order valence-electron chi connectivity index (χ3n) is 6.94. The number of hydrogen-bond acceptors (Lipinski definition) is 9. The molecule has 0 aliphatic carbocycles. The molecule has 3 aromatic heterocycles. The SMILES string of the molecule is CC(C)N(CCCCc1nc2cc(Cl)c(Cl)cc2[nH]1)C[C@H]1OC[C@](O)(n2cnc3c(N)ncnc32)[C@@H]1O. The van der Waals surface area contributed by atoms with Gasteiger partial charge in [0.1, 0.15) is 29.9 Å². The van der Waals surface area contributed by atoms with Gasteiger partial charge in [0.05, 0.1) is 34.0 Å². The average molecular weight is 549 g/mol. The first-order valence-corrected chi connectivity index (χ1v) is 13.0. The van der Waals surface area contributed by atoms with Gasteiger partial charge < -0.3 is 25.7 Å². The van der Waals surface area contributed by atoms with Gasteiger partial charge in [0.15, 0.2) is 17.2 Å². The van der Waals surface area contributed by atoms with Crippen molar-refractivity contribution in [3.8, 4) is 0 Å². The van der Waals surface area contributed by atoms with Crippen LogP contribution in [0.5, 0.6) is 0 Å². The summed E-state index contributed by atoms with van der Waals surface area (Å²) in [7, 11) is 0. The van der Waals surface area contributed by atoms with Gasteiger partial charge in [0.2, 0.25) is 0 Å². The lowest BCUT2D eigenvalue weighted by Crippen LogP contribution is -2.49. The Morgan fingerprint density at radius 2 is 2.03 bits per heavy atom. The first-order valence-electron chi connectivity index (χ1n) is 12.2. The highest BCUT2D eigenvalue weighted by molar-refractivity contribution is 6.42. The molecule has 0 bridgehead atoms.